The zero-order valence-corrected chi connectivity index (χ0v) is 18.6. The Hall–Kier alpha value is -3.13. The van der Waals surface area contributed by atoms with E-state index in [0.717, 1.165) is 11.6 Å². The highest BCUT2D eigenvalue weighted by atomic mass is 35.5. The van der Waals surface area contributed by atoms with Gasteiger partial charge in [0.05, 0.1) is 16.3 Å². The summed E-state index contributed by atoms with van der Waals surface area (Å²) in [6.45, 7) is 3.50. The highest BCUT2D eigenvalue weighted by molar-refractivity contribution is 6.30. The van der Waals surface area contributed by atoms with Gasteiger partial charge in [-0.2, -0.15) is 13.2 Å². The fourth-order valence-electron chi connectivity index (χ4n) is 3.55. The van der Waals surface area contributed by atoms with Crippen molar-refractivity contribution in [2.24, 2.45) is 0 Å². The molecule has 0 spiro atoms. The molecule has 0 radical (unpaired) electrons. The monoisotopic (exact) mass is 479 g/mol. The van der Waals surface area contributed by atoms with Crippen LogP contribution in [0.25, 0.3) is 0 Å². The van der Waals surface area contributed by atoms with Gasteiger partial charge in [-0.15, -0.1) is 0 Å². The van der Waals surface area contributed by atoms with Gasteiger partial charge in [-0.05, 0) is 49.2 Å². The van der Waals surface area contributed by atoms with Gasteiger partial charge in [-0.1, -0.05) is 48.0 Å². The first-order valence-electron chi connectivity index (χ1n) is 10.1. The van der Waals surface area contributed by atoms with Gasteiger partial charge >= 0.3 is 12.2 Å². The van der Waals surface area contributed by atoms with Crippen molar-refractivity contribution in [2.75, 3.05) is 0 Å². The van der Waals surface area contributed by atoms with Crippen molar-refractivity contribution in [1.29, 1.82) is 0 Å². The van der Waals surface area contributed by atoms with Crippen LogP contribution in [0.15, 0.2) is 66.9 Å². The predicted molar refractivity (Wildman–Crippen MR) is 118 cm³/mol. The Kier molecular flexibility index (Phi) is 7.27. The van der Waals surface area contributed by atoms with E-state index in [1.54, 1.807) is 44.2 Å². The van der Waals surface area contributed by atoms with Crippen LogP contribution in [-0.2, 0) is 18.1 Å². The molecule has 33 heavy (non-hydrogen) atoms. The van der Waals surface area contributed by atoms with E-state index in [-0.39, 0.29) is 23.7 Å². The minimum atomic E-state index is -4.92. The lowest BCUT2D eigenvalue weighted by atomic mass is 9.80. The molecule has 9 heteroatoms. The summed E-state index contributed by atoms with van der Waals surface area (Å²) in [6.07, 6.45) is -3.53. The number of pyridine rings is 1. The van der Waals surface area contributed by atoms with Crippen LogP contribution in [0.5, 0.6) is 0 Å². The Morgan fingerprint density at radius 3 is 2.33 bits per heavy atom. The number of hydrogen-bond acceptors (Lipinski definition) is 2. The van der Waals surface area contributed by atoms with Crippen LogP contribution in [0.1, 0.15) is 36.2 Å². The molecule has 3 aromatic rings. The van der Waals surface area contributed by atoms with Gasteiger partial charge in [0.2, 0.25) is 0 Å². The lowest BCUT2D eigenvalue weighted by Crippen LogP contribution is -2.53. The predicted octanol–water partition coefficient (Wildman–Crippen LogP) is 6.09. The van der Waals surface area contributed by atoms with E-state index >= 15 is 0 Å². The molecule has 1 heterocycles. The average Bonchev–Trinajstić information content (AvgIpc) is 2.73. The summed E-state index contributed by atoms with van der Waals surface area (Å²) in [7, 11) is 0. The summed E-state index contributed by atoms with van der Waals surface area (Å²) in [4.78, 5) is 17.2. The van der Waals surface area contributed by atoms with Crippen molar-refractivity contribution in [1.82, 2.24) is 15.6 Å². The molecule has 1 unspecified atom stereocenters. The summed E-state index contributed by atoms with van der Waals surface area (Å²) in [6, 6.07) is 13.8. The number of carbonyl (C=O) groups is 1. The lowest BCUT2D eigenvalue weighted by Gasteiger charge is -2.36. The second-order valence-electron chi connectivity index (χ2n) is 7.87. The molecule has 2 N–H and O–H groups in total. The van der Waals surface area contributed by atoms with Crippen LogP contribution in [0.2, 0.25) is 5.02 Å². The fraction of sp³-hybridized carbons (Fsp3) is 0.250. The Labute approximate surface area is 194 Å². The lowest BCUT2D eigenvalue weighted by molar-refractivity contribution is -0.140. The van der Waals surface area contributed by atoms with Crippen LogP contribution >= 0.6 is 11.6 Å². The van der Waals surface area contributed by atoms with E-state index in [2.05, 4.69) is 15.6 Å². The molecule has 1 aromatic heterocycles. The molecular formula is C24H22ClF4N3O. The van der Waals surface area contributed by atoms with Gasteiger partial charge in [0, 0.05) is 18.7 Å². The van der Waals surface area contributed by atoms with Gasteiger partial charge in [-0.3, -0.25) is 4.98 Å². The van der Waals surface area contributed by atoms with E-state index in [1.807, 2.05) is 0 Å². The number of rotatable bonds is 6. The zero-order valence-electron chi connectivity index (χ0n) is 17.9. The molecule has 2 aromatic carbocycles. The third kappa shape index (κ3) is 5.82. The first-order valence-corrected chi connectivity index (χ1v) is 10.5. The number of urea groups is 1. The second-order valence-corrected chi connectivity index (χ2v) is 8.31. The van der Waals surface area contributed by atoms with Crippen molar-refractivity contribution in [3.63, 3.8) is 0 Å². The number of alkyl halides is 3. The van der Waals surface area contributed by atoms with Crippen molar-refractivity contribution in [3.8, 4) is 0 Å². The average molecular weight is 480 g/mol. The number of aromatic nitrogens is 1. The molecule has 2 amide bonds. The highest BCUT2D eigenvalue weighted by Crippen LogP contribution is 2.38. The smallest absolute Gasteiger partial charge is 0.336 e. The van der Waals surface area contributed by atoms with Crippen LogP contribution in [0.4, 0.5) is 22.4 Å². The maximum Gasteiger partial charge on any atom is 0.419 e. The molecular weight excluding hydrogens is 458 g/mol. The van der Waals surface area contributed by atoms with Gasteiger partial charge in [0.1, 0.15) is 11.4 Å². The van der Waals surface area contributed by atoms with E-state index in [9.17, 15) is 22.4 Å². The van der Waals surface area contributed by atoms with Crippen LogP contribution < -0.4 is 10.6 Å². The molecule has 0 aliphatic carbocycles. The van der Waals surface area contributed by atoms with Crippen LogP contribution in [0.3, 0.4) is 0 Å². The maximum absolute atomic E-state index is 14.1. The van der Waals surface area contributed by atoms with E-state index in [0.29, 0.717) is 11.1 Å². The van der Waals surface area contributed by atoms with Gasteiger partial charge in [0.25, 0.3) is 0 Å². The number of carbonyl (C=O) groups excluding carboxylic acids is 1. The van der Waals surface area contributed by atoms with Gasteiger partial charge < -0.3 is 10.6 Å². The van der Waals surface area contributed by atoms with Crippen molar-refractivity contribution < 1.29 is 22.4 Å². The van der Waals surface area contributed by atoms with Crippen molar-refractivity contribution >= 4 is 17.6 Å². The number of hydrogen-bond donors (Lipinski definition) is 2. The highest BCUT2D eigenvalue weighted by Gasteiger charge is 2.41. The summed E-state index contributed by atoms with van der Waals surface area (Å²) in [5.41, 5.74) is -2.00. The normalized spacial score (nSPS) is 13.5. The largest absolute Gasteiger partial charge is 0.419 e. The molecule has 0 fully saturated rings. The zero-order chi connectivity index (χ0) is 24.2. The minimum Gasteiger partial charge on any atom is -0.336 e. The second kappa shape index (κ2) is 9.79. The van der Waals surface area contributed by atoms with Crippen molar-refractivity contribution in [2.45, 2.75) is 38.0 Å². The molecule has 1 atom stereocenters. The number of amides is 2. The van der Waals surface area contributed by atoms with E-state index in [4.69, 9.17) is 11.6 Å². The summed E-state index contributed by atoms with van der Waals surface area (Å²) >= 11 is 5.99. The molecule has 174 valence electrons. The Bertz CT molecular complexity index is 1100. The molecule has 0 aliphatic heterocycles. The first-order chi connectivity index (χ1) is 15.5. The maximum atomic E-state index is 14.1. The van der Waals surface area contributed by atoms with Crippen molar-refractivity contribution in [3.05, 3.63) is 100 Å². The molecule has 0 saturated carbocycles. The summed E-state index contributed by atoms with van der Waals surface area (Å²) in [5, 5.41) is 5.82. The van der Waals surface area contributed by atoms with Gasteiger partial charge in [0.15, 0.2) is 0 Å². The standard InChI is InChI=1S/C24H22ClF4N3O/c1-15(2)31-22(33)32-23(13-16-6-4-3-5-7-16,21-11-9-18(25)14-30-21)17-8-10-20(26)19(12-17)24(27,28)29/h3-12,14-15H,13H2,1-2H3,(H2,31,32,33). The van der Waals surface area contributed by atoms with E-state index < -0.39 is 29.1 Å². The number of nitrogens with zero attached hydrogens (tertiary/aromatic N) is 1. The molecule has 3 rings (SSSR count). The summed E-state index contributed by atoms with van der Waals surface area (Å²) in [5.74, 6) is -1.41. The minimum absolute atomic E-state index is 0.0220. The SMILES string of the molecule is CC(C)NC(=O)NC(Cc1ccccc1)(c1ccc(F)c(C(F)(F)F)c1)c1ccc(Cl)cn1. The topological polar surface area (TPSA) is 54.0 Å². The Balaban J connectivity index is 2.28. The Morgan fingerprint density at radius 1 is 1.06 bits per heavy atom. The van der Waals surface area contributed by atoms with Crippen LogP contribution in [-0.4, -0.2) is 17.1 Å². The summed E-state index contributed by atoms with van der Waals surface area (Å²) < 4.78 is 54.8. The fourth-order valence-corrected chi connectivity index (χ4v) is 3.66. The number of halogens is 5. The molecule has 0 saturated heterocycles. The third-order valence-electron chi connectivity index (χ3n) is 4.99. The van der Waals surface area contributed by atoms with E-state index in [1.165, 1.54) is 24.4 Å². The molecule has 0 bridgehead atoms. The number of benzene rings is 2. The Morgan fingerprint density at radius 2 is 1.76 bits per heavy atom. The third-order valence-corrected chi connectivity index (χ3v) is 5.21. The number of nitrogens with one attached hydrogen (secondary N) is 2. The van der Waals surface area contributed by atoms with Gasteiger partial charge in [-0.25, -0.2) is 9.18 Å². The first kappa shape index (κ1) is 24.5. The van der Waals surface area contributed by atoms with Crippen LogP contribution in [0, 0.1) is 5.82 Å². The molecule has 4 nitrogen and oxygen atoms in total. The molecule has 0 aliphatic rings. The quantitative estimate of drug-likeness (QED) is 0.420.